The Labute approximate surface area is 218 Å². The van der Waals surface area contributed by atoms with E-state index in [9.17, 15) is 35.4 Å². The smallest absolute Gasteiger partial charge is 0.239 e. The Morgan fingerprint density at radius 3 is 2.26 bits per heavy atom. The van der Waals surface area contributed by atoms with Gasteiger partial charge in [-0.15, -0.1) is 0 Å². The van der Waals surface area contributed by atoms with Crippen molar-refractivity contribution in [1.29, 1.82) is 0 Å². The van der Waals surface area contributed by atoms with Crippen molar-refractivity contribution in [2.24, 2.45) is 0 Å². The lowest BCUT2D eigenvalue weighted by atomic mass is 9.96. The number of aliphatic hydroxyl groups excluding tert-OH is 3. The summed E-state index contributed by atoms with van der Waals surface area (Å²) in [5.74, 6) is -0.912. The minimum Gasteiger partial charge on any atom is -0.507 e. The monoisotopic (exact) mass is 532 g/mol. The molecule has 0 unspecified atom stereocenters. The van der Waals surface area contributed by atoms with Gasteiger partial charge in [-0.05, 0) is 57.9 Å². The lowest BCUT2D eigenvalue weighted by Crippen LogP contribution is -2.58. The molecule has 1 aliphatic rings. The summed E-state index contributed by atoms with van der Waals surface area (Å²) >= 11 is 0. The van der Waals surface area contributed by atoms with E-state index in [4.69, 9.17) is 18.6 Å². The van der Waals surface area contributed by atoms with Crippen molar-refractivity contribution < 1.29 is 49.3 Å². The first-order valence-electron chi connectivity index (χ1n) is 12.1. The molecule has 206 valence electrons. The van der Waals surface area contributed by atoms with Gasteiger partial charge in [0.2, 0.25) is 17.5 Å². The van der Waals surface area contributed by atoms with Crippen molar-refractivity contribution in [3.63, 3.8) is 0 Å². The fourth-order valence-electron chi connectivity index (χ4n) is 4.31. The number of hydrogen-bond donors (Lipinski definition) is 6. The van der Waals surface area contributed by atoms with Gasteiger partial charge in [0.05, 0.1) is 18.8 Å². The van der Waals surface area contributed by atoms with Crippen LogP contribution in [0.15, 0.2) is 39.5 Å². The summed E-state index contributed by atoms with van der Waals surface area (Å²) in [6.45, 7) is 4.66. The highest BCUT2D eigenvalue weighted by Crippen LogP contribution is 2.40. The van der Waals surface area contributed by atoms with Crippen LogP contribution in [-0.2, 0) is 11.2 Å². The summed E-state index contributed by atoms with van der Waals surface area (Å²) in [7, 11) is 1.49. The topological polar surface area (TPSA) is 179 Å². The van der Waals surface area contributed by atoms with Crippen LogP contribution in [0.3, 0.4) is 0 Å². The number of benzene rings is 2. The standard InChI is InChI=1S/C27H32O11/c1-12-19(30)21(32)22(33)26(36-12)38-25-20(31)18-17(29)11-16(28)15(9-10-27(2,3)34)24(18)37-23(25)13-5-7-14(35-4)8-6-13/h5-8,11-12,19,21-22,26,28-30,32-34H,9-10H2,1-4H3/t12-,19-,21+,22+,26+/m0/s1. The van der Waals surface area contributed by atoms with Crippen LogP contribution in [-0.4, -0.2) is 74.1 Å². The highest BCUT2D eigenvalue weighted by atomic mass is 16.7. The number of hydrogen-bond acceptors (Lipinski definition) is 11. The molecular weight excluding hydrogens is 500 g/mol. The lowest BCUT2D eigenvalue weighted by molar-refractivity contribution is -0.268. The summed E-state index contributed by atoms with van der Waals surface area (Å²) < 4.78 is 22.6. The van der Waals surface area contributed by atoms with Crippen LogP contribution in [0.4, 0.5) is 0 Å². The quantitative estimate of drug-likeness (QED) is 0.261. The first-order valence-corrected chi connectivity index (χ1v) is 12.1. The minimum absolute atomic E-state index is 0.108. The van der Waals surface area contributed by atoms with E-state index in [2.05, 4.69) is 0 Å². The van der Waals surface area contributed by atoms with Crippen LogP contribution in [0.25, 0.3) is 22.3 Å². The molecule has 0 amide bonds. The van der Waals surface area contributed by atoms with Crippen molar-refractivity contribution in [2.75, 3.05) is 7.11 Å². The lowest BCUT2D eigenvalue weighted by Gasteiger charge is -2.38. The molecule has 38 heavy (non-hydrogen) atoms. The Morgan fingerprint density at radius 2 is 1.66 bits per heavy atom. The number of rotatable bonds is 7. The average Bonchev–Trinajstić information content (AvgIpc) is 2.86. The summed E-state index contributed by atoms with van der Waals surface area (Å²) in [6.07, 6.45) is -6.88. The molecule has 0 spiro atoms. The maximum absolute atomic E-state index is 13.8. The molecule has 11 nitrogen and oxygen atoms in total. The third kappa shape index (κ3) is 5.29. The molecule has 4 rings (SSSR count). The van der Waals surface area contributed by atoms with Gasteiger partial charge in [-0.2, -0.15) is 0 Å². The molecule has 5 atom stereocenters. The zero-order chi connectivity index (χ0) is 27.9. The maximum Gasteiger partial charge on any atom is 0.239 e. The fourth-order valence-corrected chi connectivity index (χ4v) is 4.31. The molecule has 11 heteroatoms. The van der Waals surface area contributed by atoms with E-state index in [1.165, 1.54) is 14.0 Å². The predicted octanol–water partition coefficient (Wildman–Crippen LogP) is 1.79. The van der Waals surface area contributed by atoms with E-state index < -0.39 is 53.2 Å². The highest BCUT2D eigenvalue weighted by molar-refractivity contribution is 5.91. The predicted molar refractivity (Wildman–Crippen MR) is 135 cm³/mol. The van der Waals surface area contributed by atoms with Crippen molar-refractivity contribution in [1.82, 2.24) is 0 Å². The number of phenols is 2. The second-order valence-electron chi connectivity index (χ2n) is 10.0. The molecule has 1 saturated heterocycles. The molecule has 6 N–H and O–H groups in total. The van der Waals surface area contributed by atoms with Crippen LogP contribution in [0, 0.1) is 0 Å². The van der Waals surface area contributed by atoms with E-state index in [-0.39, 0.29) is 40.9 Å². The molecule has 0 aliphatic carbocycles. The third-order valence-corrected chi connectivity index (χ3v) is 6.56. The largest absolute Gasteiger partial charge is 0.507 e. The molecule has 1 fully saturated rings. The zero-order valence-electron chi connectivity index (χ0n) is 21.4. The normalized spacial score (nSPS) is 23.9. The number of ether oxygens (including phenoxy) is 3. The van der Waals surface area contributed by atoms with Crippen LogP contribution in [0.1, 0.15) is 32.8 Å². The van der Waals surface area contributed by atoms with Gasteiger partial charge in [-0.3, -0.25) is 4.79 Å². The van der Waals surface area contributed by atoms with Crippen LogP contribution >= 0.6 is 0 Å². The molecular formula is C27H32O11. The van der Waals surface area contributed by atoms with Gasteiger partial charge in [0.1, 0.15) is 46.5 Å². The average molecular weight is 533 g/mol. The number of fused-ring (bicyclic) bond motifs is 1. The Bertz CT molecular complexity index is 1360. The van der Waals surface area contributed by atoms with Gasteiger partial charge >= 0.3 is 0 Å². The minimum atomic E-state index is -1.71. The SMILES string of the molecule is COc1ccc(-c2oc3c(CCC(C)(C)O)c(O)cc(O)c3c(=O)c2O[C@H]2O[C@@H](C)[C@H](O)[C@@H](O)[C@H]2O)cc1. The van der Waals surface area contributed by atoms with E-state index in [0.29, 0.717) is 11.3 Å². The summed E-state index contributed by atoms with van der Waals surface area (Å²) in [6, 6.07) is 7.42. The van der Waals surface area contributed by atoms with Gasteiger partial charge in [-0.1, -0.05) is 0 Å². The number of aliphatic hydroxyl groups is 4. The Hall–Kier alpha value is -3.35. The van der Waals surface area contributed by atoms with Crippen LogP contribution in [0.2, 0.25) is 0 Å². The Kier molecular flexibility index (Phi) is 7.60. The van der Waals surface area contributed by atoms with Crippen molar-refractivity contribution in [2.45, 2.75) is 69.9 Å². The molecule has 0 saturated carbocycles. The molecule has 1 aromatic heterocycles. The first kappa shape index (κ1) is 27.7. The maximum atomic E-state index is 13.8. The van der Waals surface area contributed by atoms with E-state index in [1.54, 1.807) is 38.1 Å². The second kappa shape index (κ2) is 10.4. The van der Waals surface area contributed by atoms with E-state index in [1.807, 2.05) is 0 Å². The zero-order valence-corrected chi connectivity index (χ0v) is 21.4. The number of aromatic hydroxyl groups is 2. The second-order valence-corrected chi connectivity index (χ2v) is 10.0. The molecule has 2 heterocycles. The third-order valence-electron chi connectivity index (χ3n) is 6.56. The van der Waals surface area contributed by atoms with Gasteiger partial charge in [-0.25, -0.2) is 0 Å². The summed E-state index contributed by atoms with van der Waals surface area (Å²) in [5.41, 5.74) is -1.48. The van der Waals surface area contributed by atoms with Gasteiger partial charge in [0.25, 0.3) is 0 Å². The number of methoxy groups -OCH3 is 1. The Balaban J connectivity index is 1.94. The molecule has 0 radical (unpaired) electrons. The molecule has 2 aromatic carbocycles. The molecule has 1 aliphatic heterocycles. The van der Waals surface area contributed by atoms with Crippen LogP contribution in [0.5, 0.6) is 23.0 Å². The molecule has 3 aromatic rings. The van der Waals surface area contributed by atoms with Crippen molar-refractivity contribution >= 4 is 11.0 Å². The van der Waals surface area contributed by atoms with Gasteiger partial charge in [0.15, 0.2) is 5.76 Å². The molecule has 0 bridgehead atoms. The fraction of sp³-hybridized carbons (Fsp3) is 0.444. The number of aryl methyl sites for hydroxylation is 1. The van der Waals surface area contributed by atoms with Crippen molar-refractivity contribution in [3.8, 4) is 34.3 Å². The van der Waals surface area contributed by atoms with Crippen LogP contribution < -0.4 is 14.9 Å². The first-order chi connectivity index (χ1) is 17.8. The van der Waals surface area contributed by atoms with Crippen molar-refractivity contribution in [3.05, 3.63) is 46.1 Å². The highest BCUT2D eigenvalue weighted by Gasteiger charge is 2.44. The van der Waals surface area contributed by atoms with Gasteiger partial charge < -0.3 is 49.3 Å². The summed E-state index contributed by atoms with van der Waals surface area (Å²) in [5, 5.41) is 61.9. The van der Waals surface area contributed by atoms with E-state index in [0.717, 1.165) is 6.07 Å². The van der Waals surface area contributed by atoms with Gasteiger partial charge in [0, 0.05) is 17.2 Å². The summed E-state index contributed by atoms with van der Waals surface area (Å²) in [4.78, 5) is 13.8. The number of phenolic OH excluding ortho intramolecular Hbond substituents is 2. The Morgan fingerprint density at radius 1 is 1.00 bits per heavy atom. The van der Waals surface area contributed by atoms with E-state index >= 15 is 0 Å².